The summed E-state index contributed by atoms with van der Waals surface area (Å²) in [7, 11) is -4.02. The monoisotopic (exact) mass is 290 g/mol. The predicted octanol–water partition coefficient (Wildman–Crippen LogP) is 2.65. The maximum absolute atomic E-state index is 11.9. The molecule has 0 aliphatic rings. The molecule has 0 heterocycles. The van der Waals surface area contributed by atoms with E-state index in [9.17, 15) is 18.5 Å². The lowest BCUT2D eigenvalue weighted by atomic mass is 10.0. The van der Waals surface area contributed by atoms with Crippen LogP contribution in [-0.2, 0) is 10.0 Å². The van der Waals surface area contributed by atoms with Crippen molar-refractivity contribution < 1.29 is 13.3 Å². The highest BCUT2D eigenvalue weighted by Crippen LogP contribution is 2.36. The third kappa shape index (κ3) is 2.43. The van der Waals surface area contributed by atoms with Crippen molar-refractivity contribution in [2.75, 3.05) is 0 Å². The van der Waals surface area contributed by atoms with E-state index in [4.69, 9.17) is 0 Å². The van der Waals surface area contributed by atoms with Gasteiger partial charge in [0.1, 0.15) is 4.90 Å². The summed E-state index contributed by atoms with van der Waals surface area (Å²) in [5, 5.41) is 11.1. The Morgan fingerprint density at radius 2 is 1.70 bits per heavy atom. The van der Waals surface area contributed by atoms with Crippen LogP contribution in [0.15, 0.2) is 57.8 Å². The van der Waals surface area contributed by atoms with Gasteiger partial charge in [-0.25, -0.2) is 0 Å². The molecule has 102 valence electrons. The standard InChI is InChI=1S/C13H10N2O4S/c1-14-20(18,19)12-9-5-8-11(15(16)17)13(12)10-6-3-2-4-7-10/h2-9H,1H2. The number of nitro groups is 1. The van der Waals surface area contributed by atoms with Crippen LogP contribution in [0.2, 0.25) is 0 Å². The molecule has 0 N–H and O–H groups in total. The maximum atomic E-state index is 11.9. The van der Waals surface area contributed by atoms with Crippen molar-refractivity contribution in [2.24, 2.45) is 4.40 Å². The van der Waals surface area contributed by atoms with Crippen molar-refractivity contribution in [1.82, 2.24) is 0 Å². The van der Waals surface area contributed by atoms with Crippen LogP contribution >= 0.6 is 0 Å². The number of nitrogens with zero attached hydrogens (tertiary/aromatic N) is 2. The van der Waals surface area contributed by atoms with Gasteiger partial charge in [0.25, 0.3) is 15.7 Å². The first-order chi connectivity index (χ1) is 9.47. The van der Waals surface area contributed by atoms with Gasteiger partial charge in [-0.15, -0.1) is 0 Å². The van der Waals surface area contributed by atoms with Gasteiger partial charge in [-0.05, 0) is 11.6 Å². The topological polar surface area (TPSA) is 89.6 Å². The van der Waals surface area contributed by atoms with Crippen molar-refractivity contribution in [3.63, 3.8) is 0 Å². The minimum Gasteiger partial charge on any atom is -0.258 e. The molecule has 6 nitrogen and oxygen atoms in total. The second-order valence-electron chi connectivity index (χ2n) is 3.88. The Labute approximate surface area is 115 Å². The molecule has 7 heteroatoms. The van der Waals surface area contributed by atoms with E-state index in [-0.39, 0.29) is 16.1 Å². The van der Waals surface area contributed by atoms with Crippen molar-refractivity contribution in [3.05, 3.63) is 58.6 Å². The van der Waals surface area contributed by atoms with E-state index in [0.29, 0.717) is 5.56 Å². The molecule has 0 unspecified atom stereocenters. The minimum absolute atomic E-state index is 0.0190. The molecule has 0 saturated heterocycles. The van der Waals surface area contributed by atoms with E-state index in [1.807, 2.05) is 0 Å². The zero-order chi connectivity index (χ0) is 14.8. The SMILES string of the molecule is C=NS(=O)(=O)c1cccc([N+](=O)[O-])c1-c1ccccc1. The molecule has 2 aromatic carbocycles. The highest BCUT2D eigenvalue weighted by molar-refractivity contribution is 7.90. The normalized spacial score (nSPS) is 11.0. The van der Waals surface area contributed by atoms with Gasteiger partial charge in [-0.2, -0.15) is 12.8 Å². The Hall–Kier alpha value is -2.54. The molecule has 0 fully saturated rings. The molecule has 0 aliphatic carbocycles. The summed E-state index contributed by atoms with van der Waals surface area (Å²) in [5.41, 5.74) is 0.161. The summed E-state index contributed by atoms with van der Waals surface area (Å²) in [6.07, 6.45) is 0. The Kier molecular flexibility index (Phi) is 3.62. The van der Waals surface area contributed by atoms with E-state index in [1.54, 1.807) is 30.3 Å². The fourth-order valence-corrected chi connectivity index (χ4v) is 2.72. The smallest absolute Gasteiger partial charge is 0.258 e. The highest BCUT2D eigenvalue weighted by Gasteiger charge is 2.25. The van der Waals surface area contributed by atoms with Crippen LogP contribution in [0, 0.1) is 10.1 Å². The van der Waals surface area contributed by atoms with Crippen LogP contribution < -0.4 is 0 Å². The van der Waals surface area contributed by atoms with Crippen molar-refractivity contribution in [2.45, 2.75) is 4.90 Å². The lowest BCUT2D eigenvalue weighted by molar-refractivity contribution is -0.384. The Morgan fingerprint density at radius 3 is 2.25 bits per heavy atom. The Morgan fingerprint density at radius 1 is 1.05 bits per heavy atom. The zero-order valence-corrected chi connectivity index (χ0v) is 11.1. The molecule has 0 bridgehead atoms. The zero-order valence-electron chi connectivity index (χ0n) is 10.3. The molecule has 0 spiro atoms. The van der Waals surface area contributed by atoms with Crippen LogP contribution in [0.25, 0.3) is 11.1 Å². The third-order valence-electron chi connectivity index (χ3n) is 2.71. The summed E-state index contributed by atoms with van der Waals surface area (Å²) in [5.74, 6) is 0. The van der Waals surface area contributed by atoms with Gasteiger partial charge >= 0.3 is 0 Å². The largest absolute Gasteiger partial charge is 0.282 e. The summed E-state index contributed by atoms with van der Waals surface area (Å²) in [6.45, 7) is 3.01. The summed E-state index contributed by atoms with van der Waals surface area (Å²) < 4.78 is 26.9. The lowest BCUT2D eigenvalue weighted by Gasteiger charge is -2.08. The van der Waals surface area contributed by atoms with E-state index in [1.165, 1.54) is 18.2 Å². The maximum Gasteiger partial charge on any atom is 0.282 e. The second-order valence-corrected chi connectivity index (χ2v) is 5.53. The molecule has 0 atom stereocenters. The molecule has 0 aliphatic heterocycles. The molecular formula is C13H10N2O4S. The molecule has 2 aromatic rings. The minimum atomic E-state index is -4.02. The molecule has 0 saturated carbocycles. The molecule has 0 radical (unpaired) electrons. The molecule has 0 aromatic heterocycles. The van der Waals surface area contributed by atoms with Gasteiger partial charge in [-0.3, -0.25) is 10.1 Å². The highest BCUT2D eigenvalue weighted by atomic mass is 32.2. The number of rotatable bonds is 4. The van der Waals surface area contributed by atoms with Crippen molar-refractivity contribution in [3.8, 4) is 11.1 Å². The van der Waals surface area contributed by atoms with E-state index in [0.717, 1.165) is 0 Å². The van der Waals surface area contributed by atoms with Crippen molar-refractivity contribution in [1.29, 1.82) is 0 Å². The average molecular weight is 290 g/mol. The van der Waals surface area contributed by atoms with E-state index >= 15 is 0 Å². The number of nitro benzene ring substituents is 1. The fourth-order valence-electron chi connectivity index (χ4n) is 1.85. The quantitative estimate of drug-likeness (QED) is 0.492. The van der Waals surface area contributed by atoms with Crippen LogP contribution in [0.5, 0.6) is 0 Å². The van der Waals surface area contributed by atoms with Crippen molar-refractivity contribution >= 4 is 22.4 Å². The average Bonchev–Trinajstić information content (AvgIpc) is 2.47. The summed E-state index contributed by atoms with van der Waals surface area (Å²) >= 11 is 0. The van der Waals surface area contributed by atoms with Crippen LogP contribution in [-0.4, -0.2) is 20.1 Å². The Bertz CT molecular complexity index is 770. The second kappa shape index (κ2) is 5.22. The van der Waals surface area contributed by atoms with Gasteiger partial charge in [0.15, 0.2) is 0 Å². The predicted molar refractivity (Wildman–Crippen MR) is 75.3 cm³/mol. The first-order valence-corrected chi connectivity index (χ1v) is 6.97. The number of benzene rings is 2. The molecular weight excluding hydrogens is 280 g/mol. The number of hydrogen-bond donors (Lipinski definition) is 0. The molecule has 2 rings (SSSR count). The first kappa shape index (κ1) is 13.9. The molecule has 20 heavy (non-hydrogen) atoms. The van der Waals surface area contributed by atoms with Crippen LogP contribution in [0.3, 0.4) is 0 Å². The molecule has 0 amide bonds. The van der Waals surface area contributed by atoms with E-state index in [2.05, 4.69) is 11.1 Å². The van der Waals surface area contributed by atoms with Gasteiger partial charge in [0.2, 0.25) is 0 Å². The lowest BCUT2D eigenvalue weighted by Crippen LogP contribution is -2.02. The summed E-state index contributed by atoms with van der Waals surface area (Å²) in [4.78, 5) is 10.3. The number of hydrogen-bond acceptors (Lipinski definition) is 4. The van der Waals surface area contributed by atoms with Gasteiger partial charge in [0, 0.05) is 12.8 Å². The Balaban J connectivity index is 2.88. The number of sulfonamides is 1. The first-order valence-electron chi connectivity index (χ1n) is 5.53. The summed E-state index contributed by atoms with van der Waals surface area (Å²) in [6, 6.07) is 12.1. The van der Waals surface area contributed by atoms with Crippen LogP contribution in [0.4, 0.5) is 5.69 Å². The fraction of sp³-hybridized carbons (Fsp3) is 0. The van der Waals surface area contributed by atoms with Crippen LogP contribution in [0.1, 0.15) is 0 Å². The third-order valence-corrected chi connectivity index (χ3v) is 3.95. The van der Waals surface area contributed by atoms with Gasteiger partial charge in [0.05, 0.1) is 10.5 Å². The van der Waals surface area contributed by atoms with Gasteiger partial charge in [-0.1, -0.05) is 36.4 Å². The van der Waals surface area contributed by atoms with Gasteiger partial charge < -0.3 is 0 Å². The van der Waals surface area contributed by atoms with E-state index < -0.39 is 14.9 Å².